The van der Waals surface area contributed by atoms with Crippen LogP contribution in [0.1, 0.15) is 35.1 Å². The summed E-state index contributed by atoms with van der Waals surface area (Å²) in [6.45, 7) is 3.74. The highest BCUT2D eigenvalue weighted by atomic mass is 32.1. The van der Waals surface area contributed by atoms with Gasteiger partial charge in [-0.1, -0.05) is 24.7 Å². The van der Waals surface area contributed by atoms with Crippen LogP contribution in [0.5, 0.6) is 0 Å². The highest BCUT2D eigenvalue weighted by Gasteiger charge is 2.12. The number of aromatic nitrogens is 1. The molecule has 0 fully saturated rings. The fraction of sp³-hybridized carbons (Fsp3) is 0.667. The number of aldehydes is 1. The molecule has 96 valence electrons. The Labute approximate surface area is 107 Å². The molecule has 5 heteroatoms. The van der Waals surface area contributed by atoms with Crippen molar-refractivity contribution in [2.45, 2.75) is 26.2 Å². The van der Waals surface area contributed by atoms with Gasteiger partial charge in [0.1, 0.15) is 0 Å². The van der Waals surface area contributed by atoms with Crippen LogP contribution in [0.4, 0.5) is 5.13 Å². The van der Waals surface area contributed by atoms with Crippen LogP contribution < -0.4 is 4.90 Å². The van der Waals surface area contributed by atoms with Crippen LogP contribution in [-0.2, 0) is 11.2 Å². The molecule has 17 heavy (non-hydrogen) atoms. The van der Waals surface area contributed by atoms with Gasteiger partial charge in [0.15, 0.2) is 11.4 Å². The molecule has 1 aromatic rings. The summed E-state index contributed by atoms with van der Waals surface area (Å²) < 4.78 is 5.02. The lowest BCUT2D eigenvalue weighted by molar-refractivity contribution is 0.112. The van der Waals surface area contributed by atoms with Crippen LogP contribution in [0.25, 0.3) is 0 Å². The van der Waals surface area contributed by atoms with Crippen molar-refractivity contribution in [3.63, 3.8) is 0 Å². The molecule has 1 rings (SSSR count). The van der Waals surface area contributed by atoms with Crippen LogP contribution in [-0.4, -0.2) is 38.6 Å². The summed E-state index contributed by atoms with van der Waals surface area (Å²) in [7, 11) is 3.70. The standard InChI is InChI=1S/C12H20N2O2S/c1-4-6-10-11(9-15)17-12(13-10)14(2)7-5-8-16-3/h9H,4-8H2,1-3H3. The zero-order valence-electron chi connectivity index (χ0n) is 10.7. The van der Waals surface area contributed by atoms with Gasteiger partial charge in [0, 0.05) is 27.3 Å². The lowest BCUT2D eigenvalue weighted by Gasteiger charge is -2.14. The number of anilines is 1. The molecule has 0 aromatic carbocycles. The van der Waals surface area contributed by atoms with Gasteiger partial charge in [-0.05, 0) is 12.8 Å². The zero-order chi connectivity index (χ0) is 12.7. The fourth-order valence-corrected chi connectivity index (χ4v) is 2.48. The van der Waals surface area contributed by atoms with E-state index in [1.807, 2.05) is 7.05 Å². The second-order valence-corrected chi connectivity index (χ2v) is 4.95. The van der Waals surface area contributed by atoms with E-state index < -0.39 is 0 Å². The highest BCUT2D eigenvalue weighted by Crippen LogP contribution is 2.25. The van der Waals surface area contributed by atoms with Gasteiger partial charge in [0.25, 0.3) is 0 Å². The Morgan fingerprint density at radius 1 is 1.53 bits per heavy atom. The van der Waals surface area contributed by atoms with E-state index in [0.717, 1.165) is 54.4 Å². The minimum absolute atomic E-state index is 0.748. The summed E-state index contributed by atoms with van der Waals surface area (Å²) >= 11 is 1.47. The maximum Gasteiger partial charge on any atom is 0.185 e. The van der Waals surface area contributed by atoms with E-state index in [0.29, 0.717) is 0 Å². The van der Waals surface area contributed by atoms with Crippen molar-refractivity contribution in [2.24, 2.45) is 0 Å². The van der Waals surface area contributed by atoms with Gasteiger partial charge in [-0.3, -0.25) is 4.79 Å². The Bertz CT molecular complexity index is 352. The topological polar surface area (TPSA) is 42.4 Å². The Kier molecular flexibility index (Phi) is 6.15. The normalized spacial score (nSPS) is 10.5. The van der Waals surface area contributed by atoms with Crippen molar-refractivity contribution >= 4 is 22.8 Å². The van der Waals surface area contributed by atoms with E-state index >= 15 is 0 Å². The summed E-state index contributed by atoms with van der Waals surface area (Å²) in [5, 5.41) is 0.923. The number of carbonyl (C=O) groups is 1. The Hall–Kier alpha value is -0.940. The molecule has 1 aromatic heterocycles. The molecule has 4 nitrogen and oxygen atoms in total. The Morgan fingerprint density at radius 3 is 2.88 bits per heavy atom. The minimum Gasteiger partial charge on any atom is -0.385 e. The first-order valence-electron chi connectivity index (χ1n) is 5.87. The third kappa shape index (κ3) is 4.09. The molecule has 0 aliphatic rings. The van der Waals surface area contributed by atoms with Crippen LogP contribution in [0, 0.1) is 0 Å². The van der Waals surface area contributed by atoms with Crippen molar-refractivity contribution in [1.29, 1.82) is 0 Å². The summed E-state index contributed by atoms with van der Waals surface area (Å²) in [4.78, 5) is 18.3. The summed E-state index contributed by atoms with van der Waals surface area (Å²) in [5.41, 5.74) is 0.932. The molecule has 0 spiro atoms. The van der Waals surface area contributed by atoms with Crippen LogP contribution in [0.2, 0.25) is 0 Å². The molecule has 0 aliphatic heterocycles. The molecule has 0 radical (unpaired) electrons. The van der Waals surface area contributed by atoms with Crippen molar-refractivity contribution in [3.05, 3.63) is 10.6 Å². The number of hydrogen-bond donors (Lipinski definition) is 0. The summed E-state index contributed by atoms with van der Waals surface area (Å²) in [6.07, 6.45) is 3.76. The molecule has 0 amide bonds. The van der Waals surface area contributed by atoms with E-state index in [1.54, 1.807) is 7.11 Å². The van der Waals surface area contributed by atoms with Crippen molar-refractivity contribution in [3.8, 4) is 0 Å². The molecule has 0 atom stereocenters. The van der Waals surface area contributed by atoms with Gasteiger partial charge in [-0.25, -0.2) is 4.98 Å². The quantitative estimate of drug-likeness (QED) is 0.529. The lowest BCUT2D eigenvalue weighted by Crippen LogP contribution is -2.19. The maximum absolute atomic E-state index is 10.9. The maximum atomic E-state index is 10.9. The van der Waals surface area contributed by atoms with Crippen LogP contribution in [0.15, 0.2) is 0 Å². The first-order chi connectivity index (χ1) is 8.22. The molecule has 0 N–H and O–H groups in total. The summed E-state index contributed by atoms with van der Waals surface area (Å²) in [5.74, 6) is 0. The largest absolute Gasteiger partial charge is 0.385 e. The van der Waals surface area contributed by atoms with E-state index in [-0.39, 0.29) is 0 Å². The number of aryl methyl sites for hydroxylation is 1. The van der Waals surface area contributed by atoms with E-state index in [1.165, 1.54) is 11.3 Å². The van der Waals surface area contributed by atoms with Gasteiger partial charge < -0.3 is 9.64 Å². The third-order valence-corrected chi connectivity index (χ3v) is 3.62. The van der Waals surface area contributed by atoms with Crippen molar-refractivity contribution in [2.75, 3.05) is 32.2 Å². The smallest absolute Gasteiger partial charge is 0.185 e. The molecule has 0 aliphatic carbocycles. The minimum atomic E-state index is 0.748. The number of ether oxygens (including phenoxy) is 1. The molecule has 0 unspecified atom stereocenters. The number of methoxy groups -OCH3 is 1. The van der Waals surface area contributed by atoms with Gasteiger partial charge in [-0.2, -0.15) is 0 Å². The van der Waals surface area contributed by atoms with E-state index in [4.69, 9.17) is 4.74 Å². The second-order valence-electron chi connectivity index (χ2n) is 3.94. The first-order valence-corrected chi connectivity index (χ1v) is 6.69. The van der Waals surface area contributed by atoms with Crippen molar-refractivity contribution in [1.82, 2.24) is 4.98 Å². The SMILES string of the molecule is CCCc1nc(N(C)CCCOC)sc1C=O. The van der Waals surface area contributed by atoms with Crippen LogP contribution in [0.3, 0.4) is 0 Å². The number of rotatable bonds is 8. The van der Waals surface area contributed by atoms with Gasteiger partial charge in [-0.15, -0.1) is 0 Å². The number of nitrogens with zero attached hydrogens (tertiary/aromatic N) is 2. The molecule has 0 saturated carbocycles. The molecule has 0 saturated heterocycles. The average Bonchev–Trinajstić information content (AvgIpc) is 2.73. The van der Waals surface area contributed by atoms with E-state index in [9.17, 15) is 4.79 Å². The third-order valence-electron chi connectivity index (χ3n) is 2.48. The first kappa shape index (κ1) is 14.1. The Morgan fingerprint density at radius 2 is 2.29 bits per heavy atom. The van der Waals surface area contributed by atoms with Gasteiger partial charge in [0.2, 0.25) is 0 Å². The van der Waals surface area contributed by atoms with E-state index in [2.05, 4.69) is 16.8 Å². The van der Waals surface area contributed by atoms with Gasteiger partial charge in [0.05, 0.1) is 10.6 Å². The lowest BCUT2D eigenvalue weighted by atomic mass is 10.2. The fourth-order valence-electron chi connectivity index (χ4n) is 1.56. The predicted octanol–water partition coefficient (Wildman–Crippen LogP) is 2.38. The van der Waals surface area contributed by atoms with Crippen LogP contribution >= 0.6 is 11.3 Å². The summed E-state index contributed by atoms with van der Waals surface area (Å²) in [6, 6.07) is 0. The number of thiazole rings is 1. The molecular weight excluding hydrogens is 236 g/mol. The van der Waals surface area contributed by atoms with Gasteiger partial charge >= 0.3 is 0 Å². The molecule has 0 bridgehead atoms. The highest BCUT2D eigenvalue weighted by molar-refractivity contribution is 7.17. The zero-order valence-corrected chi connectivity index (χ0v) is 11.5. The monoisotopic (exact) mass is 256 g/mol. The number of carbonyl (C=O) groups excluding carboxylic acids is 1. The molecule has 1 heterocycles. The molecular formula is C12H20N2O2S. The predicted molar refractivity (Wildman–Crippen MR) is 71.3 cm³/mol. The van der Waals surface area contributed by atoms with Crippen molar-refractivity contribution < 1.29 is 9.53 Å². The number of hydrogen-bond acceptors (Lipinski definition) is 5. The average molecular weight is 256 g/mol. The Balaban J connectivity index is 2.66. The second kappa shape index (κ2) is 7.40.